The maximum absolute atomic E-state index is 11.3. The molecule has 3 N–H and O–H groups in total. The van der Waals surface area contributed by atoms with Gasteiger partial charge in [0.2, 0.25) is 0 Å². The highest BCUT2D eigenvalue weighted by Crippen LogP contribution is 2.12. The number of nitrogen functional groups attached to an aromatic ring is 1. The summed E-state index contributed by atoms with van der Waals surface area (Å²) in [7, 11) is -3.14. The number of pyridine rings is 1. The predicted molar refractivity (Wildman–Crippen MR) is 75.5 cm³/mol. The van der Waals surface area contributed by atoms with E-state index in [4.69, 9.17) is 5.73 Å². The lowest BCUT2D eigenvalue weighted by Crippen LogP contribution is -2.03. The van der Waals surface area contributed by atoms with E-state index in [1.807, 2.05) is 12.1 Å². The molecule has 0 spiro atoms. The maximum atomic E-state index is 11.3. The second-order valence-electron chi connectivity index (χ2n) is 4.22. The Labute approximate surface area is 112 Å². The van der Waals surface area contributed by atoms with E-state index in [9.17, 15) is 8.42 Å². The van der Waals surface area contributed by atoms with Crippen molar-refractivity contribution in [2.45, 2.75) is 11.4 Å². The van der Waals surface area contributed by atoms with Gasteiger partial charge >= 0.3 is 0 Å². The summed E-state index contributed by atoms with van der Waals surface area (Å²) in [6, 6.07) is 12.1. The van der Waals surface area contributed by atoms with Gasteiger partial charge in [-0.25, -0.2) is 13.4 Å². The van der Waals surface area contributed by atoms with Crippen LogP contribution in [-0.4, -0.2) is 19.7 Å². The van der Waals surface area contributed by atoms with Gasteiger partial charge in [-0.05, 0) is 29.8 Å². The minimum atomic E-state index is -3.14. The van der Waals surface area contributed by atoms with E-state index in [1.165, 1.54) is 6.26 Å². The molecule has 0 atom stereocenters. The van der Waals surface area contributed by atoms with Gasteiger partial charge in [-0.1, -0.05) is 18.2 Å². The Balaban J connectivity index is 2.05. The standard InChI is InChI=1S/C13H15N3O2S/c1-19(17,18)11-7-5-10(6-8-11)9-15-13-4-2-3-12(14)16-13/h2-8H,9H2,1H3,(H3,14,15,16). The fourth-order valence-electron chi connectivity index (χ4n) is 1.60. The van der Waals surface area contributed by atoms with Crippen LogP contribution < -0.4 is 11.1 Å². The van der Waals surface area contributed by atoms with Crippen molar-refractivity contribution >= 4 is 21.5 Å². The van der Waals surface area contributed by atoms with Gasteiger partial charge in [-0.3, -0.25) is 0 Å². The van der Waals surface area contributed by atoms with Crippen molar-refractivity contribution in [3.8, 4) is 0 Å². The molecule has 0 unspecified atom stereocenters. The SMILES string of the molecule is CS(=O)(=O)c1ccc(CNc2cccc(N)n2)cc1. The summed E-state index contributed by atoms with van der Waals surface area (Å²) in [6.45, 7) is 0.556. The first-order valence-corrected chi connectivity index (χ1v) is 7.60. The summed E-state index contributed by atoms with van der Waals surface area (Å²) in [6.07, 6.45) is 1.19. The number of hydrogen-bond donors (Lipinski definition) is 2. The Morgan fingerprint density at radius 2 is 1.84 bits per heavy atom. The number of sulfone groups is 1. The fourth-order valence-corrected chi connectivity index (χ4v) is 2.23. The zero-order chi connectivity index (χ0) is 13.9. The quantitative estimate of drug-likeness (QED) is 0.888. The van der Waals surface area contributed by atoms with Crippen LogP contribution in [0.3, 0.4) is 0 Å². The van der Waals surface area contributed by atoms with E-state index >= 15 is 0 Å². The Hall–Kier alpha value is -2.08. The van der Waals surface area contributed by atoms with E-state index in [0.717, 1.165) is 5.56 Å². The molecule has 1 aromatic heterocycles. The van der Waals surface area contributed by atoms with E-state index in [-0.39, 0.29) is 0 Å². The molecule has 1 heterocycles. The van der Waals surface area contributed by atoms with Crippen LogP contribution in [0.5, 0.6) is 0 Å². The first-order valence-electron chi connectivity index (χ1n) is 5.70. The molecule has 1 aromatic carbocycles. The average molecular weight is 277 g/mol. The van der Waals surface area contributed by atoms with Crippen LogP contribution in [0, 0.1) is 0 Å². The molecular formula is C13H15N3O2S. The molecule has 0 aliphatic heterocycles. The molecule has 5 nitrogen and oxygen atoms in total. The third kappa shape index (κ3) is 3.69. The van der Waals surface area contributed by atoms with Gasteiger partial charge in [0, 0.05) is 12.8 Å². The summed E-state index contributed by atoms with van der Waals surface area (Å²) in [5, 5.41) is 3.12. The summed E-state index contributed by atoms with van der Waals surface area (Å²) in [4.78, 5) is 4.43. The first-order chi connectivity index (χ1) is 8.95. The minimum Gasteiger partial charge on any atom is -0.384 e. The van der Waals surface area contributed by atoms with Crippen molar-refractivity contribution in [2.24, 2.45) is 0 Å². The largest absolute Gasteiger partial charge is 0.384 e. The van der Waals surface area contributed by atoms with Gasteiger partial charge in [0.05, 0.1) is 4.90 Å². The van der Waals surface area contributed by atoms with E-state index in [0.29, 0.717) is 23.1 Å². The molecule has 0 radical (unpaired) electrons. The summed E-state index contributed by atoms with van der Waals surface area (Å²) in [5.41, 5.74) is 6.55. The van der Waals surface area contributed by atoms with E-state index in [2.05, 4.69) is 10.3 Å². The molecule has 2 rings (SSSR count). The van der Waals surface area contributed by atoms with Gasteiger partial charge in [-0.2, -0.15) is 0 Å². The monoisotopic (exact) mass is 277 g/mol. The normalized spacial score (nSPS) is 11.2. The number of benzene rings is 1. The zero-order valence-electron chi connectivity index (χ0n) is 10.5. The van der Waals surface area contributed by atoms with Crippen molar-refractivity contribution in [2.75, 3.05) is 17.3 Å². The predicted octanol–water partition coefficient (Wildman–Crippen LogP) is 1.68. The minimum absolute atomic E-state index is 0.318. The van der Waals surface area contributed by atoms with Crippen LogP contribution in [0.1, 0.15) is 5.56 Å². The number of rotatable bonds is 4. The lowest BCUT2D eigenvalue weighted by atomic mass is 10.2. The molecule has 0 aliphatic carbocycles. The molecule has 0 fully saturated rings. The number of nitrogens with two attached hydrogens (primary N) is 1. The fraction of sp³-hybridized carbons (Fsp3) is 0.154. The highest BCUT2D eigenvalue weighted by molar-refractivity contribution is 7.90. The average Bonchev–Trinajstić information content (AvgIpc) is 2.36. The topological polar surface area (TPSA) is 85.1 Å². The Bertz CT molecular complexity index is 667. The molecule has 0 amide bonds. The van der Waals surface area contributed by atoms with Gasteiger partial charge in [-0.15, -0.1) is 0 Å². The molecule has 100 valence electrons. The van der Waals surface area contributed by atoms with Gasteiger partial charge in [0.15, 0.2) is 9.84 Å². The summed E-state index contributed by atoms with van der Waals surface area (Å²) < 4.78 is 22.6. The highest BCUT2D eigenvalue weighted by Gasteiger charge is 2.05. The van der Waals surface area contributed by atoms with Crippen LogP contribution in [0.2, 0.25) is 0 Å². The van der Waals surface area contributed by atoms with Crippen molar-refractivity contribution < 1.29 is 8.42 Å². The number of hydrogen-bond acceptors (Lipinski definition) is 5. The molecule has 2 aromatic rings. The van der Waals surface area contributed by atoms with Crippen LogP contribution in [-0.2, 0) is 16.4 Å². The second kappa shape index (κ2) is 5.27. The third-order valence-electron chi connectivity index (χ3n) is 2.60. The Morgan fingerprint density at radius 1 is 1.16 bits per heavy atom. The van der Waals surface area contributed by atoms with E-state index < -0.39 is 9.84 Å². The highest BCUT2D eigenvalue weighted by atomic mass is 32.2. The van der Waals surface area contributed by atoms with Crippen molar-refractivity contribution in [3.05, 3.63) is 48.0 Å². The number of anilines is 2. The summed E-state index contributed by atoms with van der Waals surface area (Å²) >= 11 is 0. The molecule has 0 saturated carbocycles. The Morgan fingerprint density at radius 3 is 2.42 bits per heavy atom. The Kier molecular flexibility index (Phi) is 3.71. The third-order valence-corrected chi connectivity index (χ3v) is 3.72. The number of aromatic nitrogens is 1. The number of nitrogens with one attached hydrogen (secondary N) is 1. The van der Waals surface area contributed by atoms with Crippen LogP contribution in [0.4, 0.5) is 11.6 Å². The van der Waals surface area contributed by atoms with Gasteiger partial charge in [0.25, 0.3) is 0 Å². The van der Waals surface area contributed by atoms with Crippen molar-refractivity contribution in [3.63, 3.8) is 0 Å². The smallest absolute Gasteiger partial charge is 0.175 e. The molecule has 0 aliphatic rings. The van der Waals surface area contributed by atoms with Gasteiger partial charge < -0.3 is 11.1 Å². The molecule has 0 saturated heterocycles. The second-order valence-corrected chi connectivity index (χ2v) is 6.23. The molecule has 19 heavy (non-hydrogen) atoms. The maximum Gasteiger partial charge on any atom is 0.175 e. The lowest BCUT2D eigenvalue weighted by molar-refractivity contribution is 0.602. The number of nitrogens with zero attached hydrogens (tertiary/aromatic N) is 1. The van der Waals surface area contributed by atoms with E-state index in [1.54, 1.807) is 30.3 Å². The van der Waals surface area contributed by atoms with Crippen LogP contribution in [0.15, 0.2) is 47.4 Å². The molecule has 0 bridgehead atoms. The molecule has 6 heteroatoms. The van der Waals surface area contributed by atoms with Gasteiger partial charge in [0.1, 0.15) is 11.6 Å². The first kappa shape index (κ1) is 13.4. The zero-order valence-corrected chi connectivity index (χ0v) is 11.3. The van der Waals surface area contributed by atoms with Crippen LogP contribution in [0.25, 0.3) is 0 Å². The van der Waals surface area contributed by atoms with Crippen molar-refractivity contribution in [1.29, 1.82) is 0 Å². The lowest BCUT2D eigenvalue weighted by Gasteiger charge is -2.06. The molecular weight excluding hydrogens is 262 g/mol. The van der Waals surface area contributed by atoms with Crippen LogP contribution >= 0.6 is 0 Å². The van der Waals surface area contributed by atoms with Crippen molar-refractivity contribution in [1.82, 2.24) is 4.98 Å². The summed E-state index contributed by atoms with van der Waals surface area (Å²) in [5.74, 6) is 1.14.